The molecule has 1 aliphatic heterocycles. The van der Waals surface area contributed by atoms with Crippen molar-refractivity contribution in [1.82, 2.24) is 15.1 Å². The molecule has 0 atom stereocenters. The number of rotatable bonds is 5. The minimum Gasteiger partial charge on any atom is -0.381 e. The largest absolute Gasteiger partial charge is 0.381 e. The molecule has 27 heavy (non-hydrogen) atoms. The zero-order valence-electron chi connectivity index (χ0n) is 15.1. The predicted octanol–water partition coefficient (Wildman–Crippen LogP) is 4.36. The molecule has 4 rings (SSSR count). The van der Waals surface area contributed by atoms with Crippen LogP contribution in [-0.4, -0.2) is 34.9 Å². The standard InChI is InChI=1S/C20H21BrN4O2/c1-14-24-19(27-25-14)17-6-3-9-22-18(17)23-13-20(7-10-26-11-8-20)15-4-2-5-16(21)12-15/h2-6,9,12H,7-8,10-11,13H2,1H3,(H,22,23). The van der Waals surface area contributed by atoms with Gasteiger partial charge in [0.05, 0.1) is 5.56 Å². The van der Waals surface area contributed by atoms with Gasteiger partial charge in [-0.3, -0.25) is 0 Å². The topological polar surface area (TPSA) is 73.1 Å². The Hall–Kier alpha value is -2.25. The summed E-state index contributed by atoms with van der Waals surface area (Å²) in [5, 5.41) is 7.43. The molecule has 1 saturated heterocycles. The van der Waals surface area contributed by atoms with Crippen molar-refractivity contribution in [2.24, 2.45) is 0 Å². The molecule has 1 N–H and O–H groups in total. The molecule has 3 aromatic rings. The molecule has 0 radical (unpaired) electrons. The van der Waals surface area contributed by atoms with Crippen LogP contribution in [0.3, 0.4) is 0 Å². The fraction of sp³-hybridized carbons (Fsp3) is 0.350. The van der Waals surface area contributed by atoms with E-state index >= 15 is 0 Å². The van der Waals surface area contributed by atoms with Gasteiger partial charge in [-0.1, -0.05) is 33.2 Å². The van der Waals surface area contributed by atoms with Gasteiger partial charge in [0.2, 0.25) is 0 Å². The highest BCUT2D eigenvalue weighted by molar-refractivity contribution is 9.10. The Morgan fingerprint density at radius 1 is 1.19 bits per heavy atom. The summed E-state index contributed by atoms with van der Waals surface area (Å²) in [6.45, 7) is 4.07. The Kier molecular flexibility index (Phi) is 5.22. The van der Waals surface area contributed by atoms with Gasteiger partial charge >= 0.3 is 0 Å². The molecular formula is C20H21BrN4O2. The van der Waals surface area contributed by atoms with Crippen molar-refractivity contribution in [3.8, 4) is 11.5 Å². The van der Waals surface area contributed by atoms with Crippen LogP contribution >= 0.6 is 15.9 Å². The van der Waals surface area contributed by atoms with E-state index in [2.05, 4.69) is 60.6 Å². The lowest BCUT2D eigenvalue weighted by Crippen LogP contribution is -2.40. The first kappa shape index (κ1) is 18.1. The van der Waals surface area contributed by atoms with E-state index in [4.69, 9.17) is 9.26 Å². The number of hydrogen-bond acceptors (Lipinski definition) is 6. The number of aromatic nitrogens is 3. The molecule has 1 aliphatic rings. The monoisotopic (exact) mass is 428 g/mol. The van der Waals surface area contributed by atoms with Crippen molar-refractivity contribution in [2.45, 2.75) is 25.2 Å². The van der Waals surface area contributed by atoms with E-state index in [1.54, 1.807) is 13.1 Å². The van der Waals surface area contributed by atoms with Crippen molar-refractivity contribution in [1.29, 1.82) is 0 Å². The molecule has 0 bridgehead atoms. The highest BCUT2D eigenvalue weighted by Gasteiger charge is 2.35. The van der Waals surface area contributed by atoms with Gasteiger partial charge in [-0.2, -0.15) is 4.98 Å². The summed E-state index contributed by atoms with van der Waals surface area (Å²) in [5.41, 5.74) is 2.11. The maximum atomic E-state index is 5.64. The highest BCUT2D eigenvalue weighted by atomic mass is 79.9. The lowest BCUT2D eigenvalue weighted by atomic mass is 9.74. The third-order valence-corrected chi connectivity index (χ3v) is 5.54. The van der Waals surface area contributed by atoms with Gasteiger partial charge < -0.3 is 14.6 Å². The van der Waals surface area contributed by atoms with Crippen LogP contribution in [0.4, 0.5) is 5.82 Å². The molecule has 0 aliphatic carbocycles. The molecule has 1 aromatic carbocycles. The van der Waals surface area contributed by atoms with Crippen molar-refractivity contribution < 1.29 is 9.26 Å². The van der Waals surface area contributed by atoms with E-state index in [1.165, 1.54) is 5.56 Å². The summed E-state index contributed by atoms with van der Waals surface area (Å²) in [5.74, 6) is 1.84. The van der Waals surface area contributed by atoms with Crippen molar-refractivity contribution in [3.63, 3.8) is 0 Å². The smallest absolute Gasteiger partial charge is 0.261 e. The summed E-state index contributed by atoms with van der Waals surface area (Å²) in [6.07, 6.45) is 3.68. The molecule has 2 aromatic heterocycles. The minimum absolute atomic E-state index is 0.0123. The van der Waals surface area contributed by atoms with Crippen LogP contribution in [0.5, 0.6) is 0 Å². The van der Waals surface area contributed by atoms with E-state index in [1.807, 2.05) is 12.1 Å². The third-order valence-electron chi connectivity index (χ3n) is 5.05. The van der Waals surface area contributed by atoms with Gasteiger partial charge in [-0.15, -0.1) is 0 Å². The Morgan fingerprint density at radius 2 is 2.04 bits per heavy atom. The van der Waals surface area contributed by atoms with E-state index in [0.717, 1.165) is 48.5 Å². The number of halogens is 1. The SMILES string of the molecule is Cc1noc(-c2cccnc2NCC2(c3cccc(Br)c3)CCOCC2)n1. The highest BCUT2D eigenvalue weighted by Crippen LogP contribution is 2.37. The van der Waals surface area contributed by atoms with Crippen molar-refractivity contribution in [2.75, 3.05) is 25.1 Å². The molecule has 0 amide bonds. The van der Waals surface area contributed by atoms with Crippen LogP contribution in [0, 0.1) is 6.92 Å². The van der Waals surface area contributed by atoms with E-state index in [0.29, 0.717) is 11.7 Å². The molecule has 7 heteroatoms. The number of ether oxygens (including phenoxy) is 1. The normalized spacial score (nSPS) is 16.2. The van der Waals surface area contributed by atoms with E-state index in [-0.39, 0.29) is 5.41 Å². The average Bonchev–Trinajstić information content (AvgIpc) is 3.13. The van der Waals surface area contributed by atoms with Crippen LogP contribution < -0.4 is 5.32 Å². The van der Waals surface area contributed by atoms with Gasteiger partial charge in [-0.25, -0.2) is 4.98 Å². The Bertz CT molecular complexity index is 922. The summed E-state index contributed by atoms with van der Waals surface area (Å²) in [6, 6.07) is 12.4. The van der Waals surface area contributed by atoms with Crippen LogP contribution in [0.2, 0.25) is 0 Å². The average molecular weight is 429 g/mol. The number of benzene rings is 1. The molecule has 0 saturated carbocycles. The van der Waals surface area contributed by atoms with Gasteiger partial charge in [0.15, 0.2) is 5.82 Å². The lowest BCUT2D eigenvalue weighted by molar-refractivity contribution is 0.0543. The van der Waals surface area contributed by atoms with Gasteiger partial charge in [-0.05, 0) is 49.6 Å². The predicted molar refractivity (Wildman–Crippen MR) is 107 cm³/mol. The maximum absolute atomic E-state index is 5.64. The molecular weight excluding hydrogens is 408 g/mol. The van der Waals surface area contributed by atoms with Gasteiger partial charge in [0.1, 0.15) is 5.82 Å². The van der Waals surface area contributed by atoms with Gasteiger partial charge in [0, 0.05) is 35.8 Å². The minimum atomic E-state index is -0.0123. The second-order valence-electron chi connectivity index (χ2n) is 6.80. The van der Waals surface area contributed by atoms with Crippen LogP contribution in [-0.2, 0) is 10.2 Å². The summed E-state index contributed by atoms with van der Waals surface area (Å²) < 4.78 is 12.1. The number of hydrogen-bond donors (Lipinski definition) is 1. The first-order valence-electron chi connectivity index (χ1n) is 9.00. The van der Waals surface area contributed by atoms with Crippen LogP contribution in [0.25, 0.3) is 11.5 Å². The number of anilines is 1. The number of nitrogens with one attached hydrogen (secondary N) is 1. The van der Waals surface area contributed by atoms with Crippen molar-refractivity contribution >= 4 is 21.7 Å². The summed E-state index contributed by atoms with van der Waals surface area (Å²) in [4.78, 5) is 8.85. The first-order valence-corrected chi connectivity index (χ1v) is 9.79. The summed E-state index contributed by atoms with van der Waals surface area (Å²) in [7, 11) is 0. The first-order chi connectivity index (χ1) is 13.2. The fourth-order valence-corrected chi connectivity index (χ4v) is 3.93. The Morgan fingerprint density at radius 3 is 2.78 bits per heavy atom. The molecule has 0 spiro atoms. The number of nitrogens with zero attached hydrogens (tertiary/aromatic N) is 3. The Labute approximate surface area is 166 Å². The second-order valence-corrected chi connectivity index (χ2v) is 7.72. The molecule has 0 unspecified atom stereocenters. The maximum Gasteiger partial charge on any atom is 0.261 e. The fourth-order valence-electron chi connectivity index (χ4n) is 3.53. The lowest BCUT2D eigenvalue weighted by Gasteiger charge is -2.38. The van der Waals surface area contributed by atoms with Crippen LogP contribution in [0.1, 0.15) is 24.2 Å². The number of aryl methyl sites for hydroxylation is 1. The van der Waals surface area contributed by atoms with Crippen molar-refractivity contribution in [3.05, 3.63) is 58.5 Å². The molecule has 6 nitrogen and oxygen atoms in total. The number of pyridine rings is 1. The van der Waals surface area contributed by atoms with Crippen LogP contribution in [0.15, 0.2) is 51.6 Å². The third kappa shape index (κ3) is 3.89. The zero-order chi connectivity index (χ0) is 18.7. The summed E-state index contributed by atoms with van der Waals surface area (Å²) >= 11 is 3.60. The van der Waals surface area contributed by atoms with E-state index in [9.17, 15) is 0 Å². The van der Waals surface area contributed by atoms with E-state index < -0.39 is 0 Å². The Balaban J connectivity index is 1.63. The molecule has 3 heterocycles. The zero-order valence-corrected chi connectivity index (χ0v) is 16.7. The van der Waals surface area contributed by atoms with Gasteiger partial charge in [0.25, 0.3) is 5.89 Å². The molecule has 1 fully saturated rings. The second kappa shape index (κ2) is 7.78. The molecule has 140 valence electrons. The quantitative estimate of drug-likeness (QED) is 0.650.